The molecule has 1 atom stereocenters. The molecule has 0 unspecified atom stereocenters. The number of hydrogen-bond donors (Lipinski definition) is 1. The first-order valence-electron chi connectivity index (χ1n) is 6.39. The molecule has 0 bridgehead atoms. The smallest absolute Gasteiger partial charge is 0.233 e. The summed E-state index contributed by atoms with van der Waals surface area (Å²) in [5, 5.41) is 11.5. The van der Waals surface area contributed by atoms with Gasteiger partial charge in [-0.15, -0.1) is 10.2 Å². The van der Waals surface area contributed by atoms with Crippen LogP contribution >= 0.6 is 11.8 Å². The third kappa shape index (κ3) is 3.22. The molecule has 0 radical (unpaired) electrons. The van der Waals surface area contributed by atoms with E-state index in [0.29, 0.717) is 16.7 Å². The van der Waals surface area contributed by atoms with Gasteiger partial charge in [0, 0.05) is 13.1 Å². The van der Waals surface area contributed by atoms with Crippen LogP contribution in [0.25, 0.3) is 11.6 Å². The van der Waals surface area contributed by atoms with Crippen LogP contribution in [0.15, 0.2) is 28.0 Å². The molecule has 20 heavy (non-hydrogen) atoms. The molecule has 1 N–H and O–H groups in total. The molecule has 0 saturated carbocycles. The summed E-state index contributed by atoms with van der Waals surface area (Å²) >= 11 is 1.37. The quantitative estimate of drug-likeness (QED) is 0.855. The van der Waals surface area contributed by atoms with Crippen LogP contribution in [0.2, 0.25) is 0 Å². The fourth-order valence-corrected chi connectivity index (χ4v) is 2.48. The summed E-state index contributed by atoms with van der Waals surface area (Å²) < 4.78 is 7.13. The minimum absolute atomic E-state index is 0.00690. The molecule has 7 heteroatoms. The van der Waals surface area contributed by atoms with Gasteiger partial charge >= 0.3 is 0 Å². The minimum atomic E-state index is -0.232. The molecule has 0 aliphatic carbocycles. The Kier molecular flexibility index (Phi) is 4.49. The van der Waals surface area contributed by atoms with Crippen molar-refractivity contribution in [2.75, 3.05) is 0 Å². The van der Waals surface area contributed by atoms with Crippen molar-refractivity contribution >= 4 is 17.7 Å². The SMILES string of the molecule is CC(C)NC(=O)[C@@H](C)Sc1nnc(-c2ccco2)n1C. The van der Waals surface area contributed by atoms with Crippen molar-refractivity contribution in [3.05, 3.63) is 18.4 Å². The normalized spacial score (nSPS) is 12.7. The van der Waals surface area contributed by atoms with E-state index in [0.717, 1.165) is 0 Å². The lowest BCUT2D eigenvalue weighted by Gasteiger charge is -2.13. The topological polar surface area (TPSA) is 73.0 Å². The van der Waals surface area contributed by atoms with Crippen molar-refractivity contribution in [3.8, 4) is 11.6 Å². The van der Waals surface area contributed by atoms with Gasteiger partial charge in [-0.25, -0.2) is 0 Å². The molecule has 6 nitrogen and oxygen atoms in total. The predicted molar refractivity (Wildman–Crippen MR) is 77.3 cm³/mol. The van der Waals surface area contributed by atoms with E-state index in [9.17, 15) is 4.79 Å². The van der Waals surface area contributed by atoms with Crippen molar-refractivity contribution in [2.24, 2.45) is 7.05 Å². The monoisotopic (exact) mass is 294 g/mol. The number of aromatic nitrogens is 3. The van der Waals surface area contributed by atoms with E-state index >= 15 is 0 Å². The van der Waals surface area contributed by atoms with E-state index in [1.165, 1.54) is 11.8 Å². The number of nitrogens with zero attached hydrogens (tertiary/aromatic N) is 3. The molecule has 0 aliphatic heterocycles. The van der Waals surface area contributed by atoms with Gasteiger partial charge in [0.05, 0.1) is 11.5 Å². The van der Waals surface area contributed by atoms with E-state index in [1.54, 1.807) is 12.3 Å². The number of carbonyl (C=O) groups is 1. The van der Waals surface area contributed by atoms with Gasteiger partial charge in [-0.2, -0.15) is 0 Å². The van der Waals surface area contributed by atoms with E-state index in [4.69, 9.17) is 4.42 Å². The number of furan rings is 1. The molecular formula is C13H18N4O2S. The van der Waals surface area contributed by atoms with Crippen LogP contribution in [0.3, 0.4) is 0 Å². The molecule has 2 aromatic rings. The third-order valence-corrected chi connectivity index (χ3v) is 3.79. The summed E-state index contributed by atoms with van der Waals surface area (Å²) in [5.41, 5.74) is 0. The van der Waals surface area contributed by atoms with Crippen LogP contribution in [0.1, 0.15) is 20.8 Å². The lowest BCUT2D eigenvalue weighted by Crippen LogP contribution is -2.36. The Morgan fingerprint density at radius 1 is 1.40 bits per heavy atom. The Labute approximate surface area is 121 Å². The summed E-state index contributed by atoms with van der Waals surface area (Å²) in [6.45, 7) is 5.73. The van der Waals surface area contributed by atoms with Crippen LogP contribution in [-0.2, 0) is 11.8 Å². The van der Waals surface area contributed by atoms with E-state index in [-0.39, 0.29) is 17.2 Å². The fourth-order valence-electron chi connectivity index (χ4n) is 1.65. The van der Waals surface area contributed by atoms with Gasteiger partial charge in [0.1, 0.15) is 0 Å². The average molecular weight is 294 g/mol. The van der Waals surface area contributed by atoms with Crippen molar-refractivity contribution in [3.63, 3.8) is 0 Å². The highest BCUT2D eigenvalue weighted by atomic mass is 32.2. The first-order valence-corrected chi connectivity index (χ1v) is 7.27. The van der Waals surface area contributed by atoms with E-state index < -0.39 is 0 Å². The average Bonchev–Trinajstić information content (AvgIpc) is 2.99. The van der Waals surface area contributed by atoms with Gasteiger partial charge in [-0.1, -0.05) is 11.8 Å². The second-order valence-corrected chi connectivity index (χ2v) is 6.07. The van der Waals surface area contributed by atoms with E-state index in [2.05, 4.69) is 15.5 Å². The standard InChI is InChI=1S/C13H18N4O2S/c1-8(2)14-12(18)9(3)20-13-16-15-11(17(13)4)10-6-5-7-19-10/h5-9H,1-4H3,(H,14,18)/t9-/m1/s1. The zero-order valence-corrected chi connectivity index (χ0v) is 12.8. The molecule has 2 aromatic heterocycles. The second kappa shape index (κ2) is 6.13. The van der Waals surface area contributed by atoms with Crippen molar-refractivity contribution in [1.29, 1.82) is 0 Å². The maximum absolute atomic E-state index is 11.9. The molecule has 0 aliphatic rings. The Bertz CT molecular complexity index is 577. The third-order valence-electron chi connectivity index (χ3n) is 2.66. The Morgan fingerprint density at radius 3 is 2.75 bits per heavy atom. The van der Waals surface area contributed by atoms with Crippen LogP contribution in [0.4, 0.5) is 0 Å². The number of rotatable bonds is 5. The molecule has 108 valence electrons. The molecule has 2 rings (SSSR count). The van der Waals surface area contributed by atoms with Gasteiger partial charge in [-0.3, -0.25) is 4.79 Å². The largest absolute Gasteiger partial charge is 0.461 e. The summed E-state index contributed by atoms with van der Waals surface area (Å²) in [7, 11) is 1.85. The molecular weight excluding hydrogens is 276 g/mol. The lowest BCUT2D eigenvalue weighted by molar-refractivity contribution is -0.120. The Morgan fingerprint density at radius 2 is 2.15 bits per heavy atom. The van der Waals surface area contributed by atoms with Crippen LogP contribution in [0, 0.1) is 0 Å². The van der Waals surface area contributed by atoms with Crippen LogP contribution in [0.5, 0.6) is 0 Å². The van der Waals surface area contributed by atoms with Crippen molar-refractivity contribution in [2.45, 2.75) is 37.2 Å². The summed E-state index contributed by atoms with van der Waals surface area (Å²) in [5.74, 6) is 1.30. The maximum atomic E-state index is 11.9. The number of carbonyl (C=O) groups excluding carboxylic acids is 1. The highest BCUT2D eigenvalue weighted by molar-refractivity contribution is 8.00. The van der Waals surface area contributed by atoms with Gasteiger partial charge in [0.25, 0.3) is 0 Å². The molecule has 1 amide bonds. The maximum Gasteiger partial charge on any atom is 0.233 e. The summed E-state index contributed by atoms with van der Waals surface area (Å²) in [6, 6.07) is 3.76. The minimum Gasteiger partial charge on any atom is -0.461 e. The Hall–Kier alpha value is -1.76. The molecule has 0 aromatic carbocycles. The highest BCUT2D eigenvalue weighted by Crippen LogP contribution is 2.25. The molecule has 0 spiro atoms. The summed E-state index contributed by atoms with van der Waals surface area (Å²) in [6.07, 6.45) is 1.59. The first kappa shape index (κ1) is 14.6. The van der Waals surface area contributed by atoms with E-state index in [1.807, 2.05) is 38.5 Å². The number of amides is 1. The first-order chi connectivity index (χ1) is 9.49. The van der Waals surface area contributed by atoms with Gasteiger partial charge in [0.2, 0.25) is 5.91 Å². The summed E-state index contributed by atoms with van der Waals surface area (Å²) in [4.78, 5) is 11.9. The number of nitrogens with one attached hydrogen (secondary N) is 1. The highest BCUT2D eigenvalue weighted by Gasteiger charge is 2.20. The van der Waals surface area contributed by atoms with Crippen LogP contribution in [-0.4, -0.2) is 32.0 Å². The van der Waals surface area contributed by atoms with Gasteiger partial charge < -0.3 is 14.3 Å². The number of hydrogen-bond acceptors (Lipinski definition) is 5. The number of thioether (sulfide) groups is 1. The zero-order chi connectivity index (χ0) is 14.7. The predicted octanol–water partition coefficient (Wildman–Crippen LogP) is 2.08. The molecule has 0 fully saturated rings. The zero-order valence-electron chi connectivity index (χ0n) is 12.0. The second-order valence-electron chi connectivity index (χ2n) is 4.77. The molecule has 0 saturated heterocycles. The van der Waals surface area contributed by atoms with Crippen LogP contribution < -0.4 is 5.32 Å². The van der Waals surface area contributed by atoms with Crippen molar-refractivity contribution < 1.29 is 9.21 Å². The van der Waals surface area contributed by atoms with Crippen molar-refractivity contribution in [1.82, 2.24) is 20.1 Å². The lowest BCUT2D eigenvalue weighted by atomic mass is 10.3. The van der Waals surface area contributed by atoms with Gasteiger partial charge in [-0.05, 0) is 32.9 Å². The molecule has 2 heterocycles. The Balaban J connectivity index is 2.09. The fraction of sp³-hybridized carbons (Fsp3) is 0.462. The van der Waals surface area contributed by atoms with Gasteiger partial charge in [0.15, 0.2) is 16.7 Å².